The van der Waals surface area contributed by atoms with Crippen LogP contribution in [0.4, 0.5) is 17.6 Å². The molecule has 0 N–H and O–H groups in total. The molecule has 0 aliphatic heterocycles. The van der Waals surface area contributed by atoms with Crippen LogP contribution in [0, 0.1) is 5.82 Å². The first-order valence-electron chi connectivity index (χ1n) is 9.59. The monoisotopic (exact) mass is 477 g/mol. The number of aromatic nitrogens is 3. The van der Waals surface area contributed by atoms with Gasteiger partial charge in [0.2, 0.25) is 0 Å². The fourth-order valence-electron chi connectivity index (χ4n) is 3.25. The van der Waals surface area contributed by atoms with Gasteiger partial charge < -0.3 is 0 Å². The highest BCUT2D eigenvalue weighted by Gasteiger charge is 2.31. The molecule has 0 atom stereocenters. The van der Waals surface area contributed by atoms with E-state index >= 15 is 0 Å². The highest BCUT2D eigenvalue weighted by molar-refractivity contribution is 7.91. The van der Waals surface area contributed by atoms with Gasteiger partial charge in [0.25, 0.3) is 5.56 Å². The van der Waals surface area contributed by atoms with Gasteiger partial charge in [-0.1, -0.05) is 19.1 Å². The molecule has 0 bridgehead atoms. The zero-order chi connectivity index (χ0) is 24.0. The van der Waals surface area contributed by atoms with E-state index < -0.39 is 33.0 Å². The molecule has 170 valence electrons. The van der Waals surface area contributed by atoms with Crippen LogP contribution in [0.3, 0.4) is 0 Å². The molecule has 0 saturated heterocycles. The fourth-order valence-corrected chi connectivity index (χ4v) is 4.30. The molecule has 0 fully saturated rings. The summed E-state index contributed by atoms with van der Waals surface area (Å²) in [6, 6.07) is 9.12. The Balaban J connectivity index is 1.97. The van der Waals surface area contributed by atoms with E-state index in [4.69, 9.17) is 0 Å². The van der Waals surface area contributed by atoms with Gasteiger partial charge in [-0.2, -0.15) is 13.2 Å². The van der Waals surface area contributed by atoms with Gasteiger partial charge in [-0.3, -0.25) is 4.79 Å². The minimum absolute atomic E-state index is 0.0204. The van der Waals surface area contributed by atoms with Crippen molar-refractivity contribution in [2.75, 3.05) is 5.75 Å². The summed E-state index contributed by atoms with van der Waals surface area (Å²) in [5.41, 5.74) is -1.07. The largest absolute Gasteiger partial charge is 0.416 e. The van der Waals surface area contributed by atoms with E-state index in [0.717, 1.165) is 23.0 Å². The van der Waals surface area contributed by atoms with Gasteiger partial charge in [0.05, 0.1) is 22.2 Å². The zero-order valence-corrected chi connectivity index (χ0v) is 17.8. The summed E-state index contributed by atoms with van der Waals surface area (Å²) < 4.78 is 79.1. The number of hydrogen-bond acceptors (Lipinski definition) is 5. The smallest absolute Gasteiger partial charge is 0.268 e. The van der Waals surface area contributed by atoms with Crippen LogP contribution < -0.4 is 5.56 Å². The SMILES string of the molecule is CCS(=O)(=O)c1cc(-c2ccc(F)cc2)cnc1-n1cnc2ccc(C(F)(F)F)cc2c1=O. The maximum absolute atomic E-state index is 13.3. The Morgan fingerprint density at radius 1 is 0.970 bits per heavy atom. The summed E-state index contributed by atoms with van der Waals surface area (Å²) >= 11 is 0. The Kier molecular flexibility index (Phi) is 5.52. The molecule has 0 saturated carbocycles. The normalized spacial score (nSPS) is 12.3. The van der Waals surface area contributed by atoms with Crippen LogP contribution >= 0.6 is 0 Å². The van der Waals surface area contributed by atoms with Gasteiger partial charge in [0.1, 0.15) is 17.0 Å². The first-order chi connectivity index (χ1) is 15.5. The molecule has 2 heterocycles. The van der Waals surface area contributed by atoms with Gasteiger partial charge >= 0.3 is 6.18 Å². The summed E-state index contributed by atoms with van der Waals surface area (Å²) in [6.07, 6.45) is -2.36. The van der Waals surface area contributed by atoms with Crippen LogP contribution in [0.2, 0.25) is 0 Å². The van der Waals surface area contributed by atoms with E-state index in [2.05, 4.69) is 9.97 Å². The van der Waals surface area contributed by atoms with Crippen LogP contribution in [0.1, 0.15) is 12.5 Å². The average molecular weight is 477 g/mol. The summed E-state index contributed by atoms with van der Waals surface area (Å²) in [5, 5.41) is -0.336. The summed E-state index contributed by atoms with van der Waals surface area (Å²) in [7, 11) is -3.92. The lowest BCUT2D eigenvalue weighted by molar-refractivity contribution is -0.137. The van der Waals surface area contributed by atoms with Crippen molar-refractivity contribution >= 4 is 20.7 Å². The third kappa shape index (κ3) is 4.23. The maximum atomic E-state index is 13.3. The van der Waals surface area contributed by atoms with Crippen LogP contribution in [0.25, 0.3) is 27.8 Å². The minimum Gasteiger partial charge on any atom is -0.268 e. The van der Waals surface area contributed by atoms with Crippen molar-refractivity contribution in [2.45, 2.75) is 18.0 Å². The minimum atomic E-state index is -4.67. The molecule has 4 rings (SSSR count). The highest BCUT2D eigenvalue weighted by atomic mass is 32.2. The molecule has 2 aromatic carbocycles. The third-order valence-electron chi connectivity index (χ3n) is 5.04. The molecule has 0 unspecified atom stereocenters. The number of fused-ring (bicyclic) bond motifs is 1. The number of benzene rings is 2. The maximum Gasteiger partial charge on any atom is 0.416 e. The molecule has 4 aromatic rings. The Labute approximate surface area is 185 Å². The second-order valence-corrected chi connectivity index (χ2v) is 9.35. The first kappa shape index (κ1) is 22.6. The highest BCUT2D eigenvalue weighted by Crippen LogP contribution is 2.31. The predicted octanol–water partition coefficient (Wildman–Crippen LogP) is 4.40. The van der Waals surface area contributed by atoms with Crippen molar-refractivity contribution in [3.05, 3.63) is 82.8 Å². The van der Waals surface area contributed by atoms with Crippen LogP contribution in [0.5, 0.6) is 0 Å². The molecular formula is C22H15F4N3O3S. The van der Waals surface area contributed by atoms with E-state index in [9.17, 15) is 30.8 Å². The van der Waals surface area contributed by atoms with E-state index in [1.165, 1.54) is 43.5 Å². The topological polar surface area (TPSA) is 81.9 Å². The van der Waals surface area contributed by atoms with E-state index in [-0.39, 0.29) is 27.4 Å². The lowest BCUT2D eigenvalue weighted by Crippen LogP contribution is -2.23. The Morgan fingerprint density at radius 2 is 1.67 bits per heavy atom. The summed E-state index contributed by atoms with van der Waals surface area (Å²) in [5.74, 6) is -1.08. The second kappa shape index (κ2) is 8.07. The Morgan fingerprint density at radius 3 is 2.30 bits per heavy atom. The zero-order valence-electron chi connectivity index (χ0n) is 17.0. The fraction of sp³-hybridized carbons (Fsp3) is 0.136. The molecule has 2 aromatic heterocycles. The van der Waals surface area contributed by atoms with Crippen LogP contribution in [-0.4, -0.2) is 28.7 Å². The number of sulfone groups is 1. The number of pyridine rings is 1. The third-order valence-corrected chi connectivity index (χ3v) is 6.77. The molecule has 11 heteroatoms. The predicted molar refractivity (Wildman–Crippen MR) is 113 cm³/mol. The summed E-state index contributed by atoms with van der Waals surface area (Å²) in [4.78, 5) is 20.9. The van der Waals surface area contributed by atoms with Gasteiger partial charge in [-0.25, -0.2) is 27.3 Å². The van der Waals surface area contributed by atoms with Crippen molar-refractivity contribution in [2.24, 2.45) is 0 Å². The van der Waals surface area contributed by atoms with Crippen LogP contribution in [-0.2, 0) is 16.0 Å². The average Bonchev–Trinajstić information content (AvgIpc) is 2.79. The van der Waals surface area contributed by atoms with Crippen LogP contribution in [0.15, 0.2) is 70.7 Å². The van der Waals surface area contributed by atoms with Gasteiger partial charge in [0.15, 0.2) is 15.7 Å². The number of nitrogens with zero attached hydrogens (tertiary/aromatic N) is 3. The van der Waals surface area contributed by atoms with E-state index in [1.807, 2.05) is 0 Å². The molecule has 0 radical (unpaired) electrons. The van der Waals surface area contributed by atoms with E-state index in [1.54, 1.807) is 0 Å². The van der Waals surface area contributed by atoms with Crippen molar-refractivity contribution in [1.82, 2.24) is 14.5 Å². The van der Waals surface area contributed by atoms with Crippen molar-refractivity contribution in [3.63, 3.8) is 0 Å². The van der Waals surface area contributed by atoms with Crippen molar-refractivity contribution in [3.8, 4) is 16.9 Å². The van der Waals surface area contributed by atoms with Gasteiger partial charge in [-0.15, -0.1) is 0 Å². The molecular weight excluding hydrogens is 462 g/mol. The quantitative estimate of drug-likeness (QED) is 0.407. The number of hydrogen-bond donors (Lipinski definition) is 0. The Hall–Kier alpha value is -3.60. The number of rotatable bonds is 4. The number of alkyl halides is 3. The standard InChI is InChI=1S/C22H15F4N3O3S/c1-2-33(31,32)19-9-14(13-3-6-16(23)7-4-13)11-27-20(19)29-12-28-18-8-5-15(22(24,25)26)10-17(18)21(29)30/h3-12H,2H2,1H3. The molecule has 0 amide bonds. The van der Waals surface area contributed by atoms with Crippen molar-refractivity contribution < 1.29 is 26.0 Å². The second-order valence-electron chi connectivity index (χ2n) is 7.11. The van der Waals surface area contributed by atoms with Gasteiger partial charge in [-0.05, 0) is 42.0 Å². The lowest BCUT2D eigenvalue weighted by Gasteiger charge is -2.13. The molecule has 33 heavy (non-hydrogen) atoms. The molecule has 0 aliphatic rings. The number of halogens is 4. The molecule has 6 nitrogen and oxygen atoms in total. The Bertz CT molecular complexity index is 1530. The van der Waals surface area contributed by atoms with Gasteiger partial charge in [0, 0.05) is 11.8 Å². The molecule has 0 aliphatic carbocycles. The summed E-state index contributed by atoms with van der Waals surface area (Å²) in [6.45, 7) is 1.40. The van der Waals surface area contributed by atoms with Crippen molar-refractivity contribution in [1.29, 1.82) is 0 Å². The molecule has 0 spiro atoms. The first-order valence-corrected chi connectivity index (χ1v) is 11.2. The van der Waals surface area contributed by atoms with E-state index in [0.29, 0.717) is 17.2 Å². The lowest BCUT2D eigenvalue weighted by atomic mass is 10.1.